The third-order valence-electron chi connectivity index (χ3n) is 3.85. The van der Waals surface area contributed by atoms with Crippen molar-refractivity contribution in [1.82, 2.24) is 4.90 Å². The fourth-order valence-corrected chi connectivity index (χ4v) is 2.32. The molecule has 2 rings (SSSR count). The van der Waals surface area contributed by atoms with E-state index < -0.39 is 12.2 Å². The lowest BCUT2D eigenvalue weighted by Crippen LogP contribution is -2.58. The maximum Gasteiger partial charge on any atom is 0.387 e. The third kappa shape index (κ3) is 3.85. The summed E-state index contributed by atoms with van der Waals surface area (Å²) in [6, 6.07) is 5.52. The number of nitrogens with one attached hydrogen (secondary N) is 1. The number of benzene rings is 1. The van der Waals surface area contributed by atoms with Gasteiger partial charge in [0.05, 0.1) is 18.2 Å². The predicted molar refractivity (Wildman–Crippen MR) is 78.3 cm³/mol. The van der Waals surface area contributed by atoms with Crippen molar-refractivity contribution < 1.29 is 23.0 Å². The summed E-state index contributed by atoms with van der Waals surface area (Å²) in [4.78, 5) is 14.0. The van der Waals surface area contributed by atoms with Gasteiger partial charge in [0.15, 0.2) is 0 Å². The molecule has 1 atom stereocenters. The van der Waals surface area contributed by atoms with Gasteiger partial charge in [0, 0.05) is 18.3 Å². The maximum absolute atomic E-state index is 12.4. The average molecular weight is 314 g/mol. The molecule has 1 aromatic carbocycles. The van der Waals surface area contributed by atoms with Crippen LogP contribution in [-0.4, -0.2) is 42.3 Å². The van der Waals surface area contributed by atoms with Gasteiger partial charge in [-0.1, -0.05) is 6.07 Å². The molecular formula is C15H20F2N2O3. The van der Waals surface area contributed by atoms with Gasteiger partial charge in [0.25, 0.3) is 0 Å². The Morgan fingerprint density at radius 1 is 1.50 bits per heavy atom. The van der Waals surface area contributed by atoms with Crippen molar-refractivity contribution in [2.24, 2.45) is 0 Å². The largest absolute Gasteiger partial charge is 0.435 e. The van der Waals surface area contributed by atoms with E-state index in [4.69, 9.17) is 4.74 Å². The number of hydrogen-bond acceptors (Lipinski definition) is 3. The fourth-order valence-electron chi connectivity index (χ4n) is 2.32. The first-order valence-corrected chi connectivity index (χ1v) is 7.06. The third-order valence-corrected chi connectivity index (χ3v) is 3.85. The second kappa shape index (κ2) is 6.48. The molecule has 1 aliphatic rings. The zero-order valence-corrected chi connectivity index (χ0v) is 12.8. The molecule has 1 heterocycles. The van der Waals surface area contributed by atoms with E-state index in [1.54, 1.807) is 17.0 Å². The van der Waals surface area contributed by atoms with E-state index in [9.17, 15) is 13.6 Å². The summed E-state index contributed by atoms with van der Waals surface area (Å²) in [6.07, 6.45) is 0. The zero-order chi connectivity index (χ0) is 16.3. The SMILES string of the molecule is C[C@@H]1N(C(=O)Nc2cccc(OC(F)F)c2)CCOC1(C)C. The molecule has 5 nitrogen and oxygen atoms in total. The maximum atomic E-state index is 12.4. The molecule has 0 bridgehead atoms. The van der Waals surface area contributed by atoms with Gasteiger partial charge in [-0.05, 0) is 32.9 Å². The lowest BCUT2D eigenvalue weighted by molar-refractivity contribution is -0.105. The Morgan fingerprint density at radius 3 is 2.91 bits per heavy atom. The number of urea groups is 1. The summed E-state index contributed by atoms with van der Waals surface area (Å²) in [5.41, 5.74) is -0.0318. The van der Waals surface area contributed by atoms with Gasteiger partial charge in [0.1, 0.15) is 5.75 Å². The highest BCUT2D eigenvalue weighted by Crippen LogP contribution is 2.25. The van der Waals surface area contributed by atoms with Crippen molar-refractivity contribution in [3.63, 3.8) is 0 Å². The fraction of sp³-hybridized carbons (Fsp3) is 0.533. The van der Waals surface area contributed by atoms with Gasteiger partial charge in [0.2, 0.25) is 0 Å². The van der Waals surface area contributed by atoms with Crippen LogP contribution in [0.25, 0.3) is 0 Å². The van der Waals surface area contributed by atoms with Gasteiger partial charge < -0.3 is 19.7 Å². The van der Waals surface area contributed by atoms with Crippen LogP contribution in [-0.2, 0) is 4.74 Å². The van der Waals surface area contributed by atoms with E-state index in [-0.39, 0.29) is 17.8 Å². The summed E-state index contributed by atoms with van der Waals surface area (Å²) in [7, 11) is 0. The number of ether oxygens (including phenoxy) is 2. The first-order valence-electron chi connectivity index (χ1n) is 7.06. The van der Waals surface area contributed by atoms with E-state index in [2.05, 4.69) is 10.1 Å². The van der Waals surface area contributed by atoms with E-state index in [1.165, 1.54) is 12.1 Å². The molecule has 1 saturated heterocycles. The molecule has 22 heavy (non-hydrogen) atoms. The minimum atomic E-state index is -2.90. The molecule has 122 valence electrons. The molecule has 0 radical (unpaired) electrons. The Balaban J connectivity index is 2.05. The first-order chi connectivity index (χ1) is 10.3. The van der Waals surface area contributed by atoms with Crippen molar-refractivity contribution in [3.05, 3.63) is 24.3 Å². The van der Waals surface area contributed by atoms with Crippen LogP contribution in [0.1, 0.15) is 20.8 Å². The minimum absolute atomic E-state index is 0.00292. The Labute approximate surface area is 128 Å². The summed E-state index contributed by atoms with van der Waals surface area (Å²) in [6.45, 7) is 3.80. The Bertz CT molecular complexity index is 537. The van der Waals surface area contributed by atoms with E-state index in [1.807, 2.05) is 20.8 Å². The van der Waals surface area contributed by atoms with Crippen LogP contribution in [0.2, 0.25) is 0 Å². The zero-order valence-electron chi connectivity index (χ0n) is 12.8. The van der Waals surface area contributed by atoms with Crippen molar-refractivity contribution in [2.75, 3.05) is 18.5 Å². The molecule has 0 aliphatic carbocycles. The van der Waals surface area contributed by atoms with Gasteiger partial charge in [-0.2, -0.15) is 8.78 Å². The van der Waals surface area contributed by atoms with Crippen LogP contribution in [0.3, 0.4) is 0 Å². The highest BCUT2D eigenvalue weighted by Gasteiger charge is 2.37. The molecule has 2 amide bonds. The van der Waals surface area contributed by atoms with Gasteiger partial charge in [-0.3, -0.25) is 0 Å². The second-order valence-electron chi connectivity index (χ2n) is 5.66. The van der Waals surface area contributed by atoms with Crippen LogP contribution in [0.4, 0.5) is 19.3 Å². The molecule has 0 aromatic heterocycles. The first kappa shape index (κ1) is 16.5. The van der Waals surface area contributed by atoms with Gasteiger partial charge in [-0.15, -0.1) is 0 Å². The lowest BCUT2D eigenvalue weighted by atomic mass is 9.97. The van der Waals surface area contributed by atoms with Crippen LogP contribution in [0, 0.1) is 0 Å². The van der Waals surface area contributed by atoms with Crippen molar-refractivity contribution in [2.45, 2.75) is 39.0 Å². The molecule has 1 aliphatic heterocycles. The van der Waals surface area contributed by atoms with Gasteiger partial charge >= 0.3 is 12.6 Å². The Hall–Kier alpha value is -1.89. The summed E-state index contributed by atoms with van der Waals surface area (Å²) in [5, 5.41) is 2.70. The summed E-state index contributed by atoms with van der Waals surface area (Å²) in [5.74, 6) is 0.00292. The molecule has 7 heteroatoms. The number of morpholine rings is 1. The standard InChI is InChI=1S/C15H20F2N2O3/c1-10-15(2,3)21-8-7-19(10)14(20)18-11-5-4-6-12(9-11)22-13(16)17/h4-6,9-10,13H,7-8H2,1-3H3,(H,18,20)/t10-/m0/s1. The highest BCUT2D eigenvalue weighted by atomic mass is 19.3. The molecular weight excluding hydrogens is 294 g/mol. The molecule has 0 spiro atoms. The quantitative estimate of drug-likeness (QED) is 0.931. The topological polar surface area (TPSA) is 50.8 Å². The number of anilines is 1. The lowest BCUT2D eigenvalue weighted by Gasteiger charge is -2.44. The Kier molecular flexibility index (Phi) is 4.85. The van der Waals surface area contributed by atoms with Crippen molar-refractivity contribution in [1.29, 1.82) is 0 Å². The summed E-state index contributed by atoms with van der Waals surface area (Å²) >= 11 is 0. The van der Waals surface area contributed by atoms with Gasteiger partial charge in [-0.25, -0.2) is 4.79 Å². The predicted octanol–water partition coefficient (Wildman–Crippen LogP) is 3.32. The number of carbonyl (C=O) groups is 1. The monoisotopic (exact) mass is 314 g/mol. The number of hydrogen-bond donors (Lipinski definition) is 1. The minimum Gasteiger partial charge on any atom is -0.435 e. The second-order valence-corrected chi connectivity index (χ2v) is 5.66. The van der Waals surface area contributed by atoms with Crippen LogP contribution >= 0.6 is 0 Å². The highest BCUT2D eigenvalue weighted by molar-refractivity contribution is 5.89. The molecule has 1 N–H and O–H groups in total. The molecule has 1 aromatic rings. The molecule has 0 unspecified atom stereocenters. The number of halogens is 2. The smallest absolute Gasteiger partial charge is 0.387 e. The number of nitrogens with zero attached hydrogens (tertiary/aromatic N) is 1. The number of amides is 2. The number of rotatable bonds is 3. The van der Waals surface area contributed by atoms with Crippen LogP contribution < -0.4 is 10.1 Å². The summed E-state index contributed by atoms with van der Waals surface area (Å²) < 4.78 is 34.4. The van der Waals surface area contributed by atoms with E-state index >= 15 is 0 Å². The van der Waals surface area contributed by atoms with Crippen LogP contribution in [0.5, 0.6) is 5.75 Å². The number of alkyl halides is 2. The van der Waals surface area contributed by atoms with Crippen molar-refractivity contribution in [3.8, 4) is 5.75 Å². The van der Waals surface area contributed by atoms with E-state index in [0.717, 1.165) is 0 Å². The van der Waals surface area contributed by atoms with Crippen LogP contribution in [0.15, 0.2) is 24.3 Å². The average Bonchev–Trinajstić information content (AvgIpc) is 2.41. The van der Waals surface area contributed by atoms with Crippen molar-refractivity contribution >= 4 is 11.7 Å². The molecule has 1 fully saturated rings. The normalized spacial score (nSPS) is 20.8. The number of carbonyl (C=O) groups excluding carboxylic acids is 1. The molecule has 0 saturated carbocycles. The van der Waals surface area contributed by atoms with E-state index in [0.29, 0.717) is 18.8 Å². The Morgan fingerprint density at radius 2 is 2.23 bits per heavy atom.